The van der Waals surface area contributed by atoms with Gasteiger partial charge in [-0.15, -0.1) is 22.7 Å². The summed E-state index contributed by atoms with van der Waals surface area (Å²) >= 11 is 2.87. The third-order valence-corrected chi connectivity index (χ3v) is 10.6. The van der Waals surface area contributed by atoms with Crippen molar-refractivity contribution >= 4 is 78.6 Å². The fourth-order valence-corrected chi connectivity index (χ4v) is 7.57. The molecule has 2 amide bonds. The number of aromatic amines is 2. The number of ether oxygens (including phenoxy) is 2. The van der Waals surface area contributed by atoms with E-state index in [1.807, 2.05) is 102 Å². The molecule has 6 heterocycles. The van der Waals surface area contributed by atoms with E-state index in [1.54, 1.807) is 32.7 Å². The van der Waals surface area contributed by atoms with Crippen LogP contribution in [0.15, 0.2) is 120 Å². The molecule has 284 valence electrons. The Morgan fingerprint density at radius 1 is 0.750 bits per heavy atom. The second kappa shape index (κ2) is 17.6. The van der Waals surface area contributed by atoms with Gasteiger partial charge in [0, 0.05) is 48.6 Å². The van der Waals surface area contributed by atoms with Gasteiger partial charge in [0.25, 0.3) is 11.8 Å². The number of nitrogens with zero attached hydrogens (tertiary/aromatic N) is 2. The van der Waals surface area contributed by atoms with Gasteiger partial charge in [0.2, 0.25) is 0 Å². The number of nitrogens with two attached hydrogens (primary N) is 1. The molecule has 56 heavy (non-hydrogen) atoms. The van der Waals surface area contributed by atoms with Gasteiger partial charge in [0.15, 0.2) is 11.5 Å². The van der Waals surface area contributed by atoms with Gasteiger partial charge in [-0.1, -0.05) is 36.4 Å². The van der Waals surface area contributed by atoms with Crippen molar-refractivity contribution < 1.29 is 19.1 Å². The van der Waals surface area contributed by atoms with Crippen molar-refractivity contribution in [1.82, 2.24) is 30.6 Å². The minimum atomic E-state index is -0.375. The fourth-order valence-electron chi connectivity index (χ4n) is 6.02. The minimum Gasteiger partial charge on any atom is -0.493 e. The summed E-state index contributed by atoms with van der Waals surface area (Å²) in [6.45, 7) is 0.746. The van der Waals surface area contributed by atoms with Gasteiger partial charge >= 0.3 is 0 Å². The van der Waals surface area contributed by atoms with E-state index in [1.165, 1.54) is 22.7 Å². The van der Waals surface area contributed by atoms with E-state index >= 15 is 0 Å². The highest BCUT2D eigenvalue weighted by molar-refractivity contribution is 7.14. The molecule has 0 radical (unpaired) electrons. The molecule has 2 aromatic carbocycles. The molecule has 8 N–H and O–H groups in total. The summed E-state index contributed by atoms with van der Waals surface area (Å²) in [4.78, 5) is 40.9. The summed E-state index contributed by atoms with van der Waals surface area (Å²) in [6, 6.07) is 26.4. The van der Waals surface area contributed by atoms with Gasteiger partial charge in [-0.3, -0.25) is 9.59 Å². The first-order valence-corrected chi connectivity index (χ1v) is 19.3. The number of rotatable bonds is 13. The predicted octanol–water partition coefficient (Wildman–Crippen LogP) is 8.11. The Morgan fingerprint density at radius 2 is 1.43 bits per heavy atom. The van der Waals surface area contributed by atoms with Gasteiger partial charge in [0.1, 0.15) is 21.2 Å². The number of aromatic nitrogens is 4. The molecule has 0 fully saturated rings. The first-order chi connectivity index (χ1) is 27.4. The summed E-state index contributed by atoms with van der Waals surface area (Å²) in [5, 5.41) is 19.2. The van der Waals surface area contributed by atoms with E-state index in [-0.39, 0.29) is 24.4 Å². The number of fused-ring (bicyclic) bond motifs is 2. The predicted molar refractivity (Wildman–Crippen MR) is 224 cm³/mol. The lowest BCUT2D eigenvalue weighted by atomic mass is 10.1. The maximum Gasteiger partial charge on any atom is 0.264 e. The van der Waals surface area contributed by atoms with Crippen LogP contribution in [0.25, 0.3) is 22.1 Å². The molecule has 8 rings (SSSR count). The van der Waals surface area contributed by atoms with Crippen molar-refractivity contribution in [3.05, 3.63) is 142 Å². The second-order valence-electron chi connectivity index (χ2n) is 12.3. The van der Waals surface area contributed by atoms with Crippen LogP contribution in [0.5, 0.6) is 11.5 Å². The van der Waals surface area contributed by atoms with Crippen LogP contribution in [0.3, 0.4) is 0 Å². The largest absolute Gasteiger partial charge is 0.493 e. The molecule has 8 aromatic rings. The Bertz CT molecular complexity index is 2560. The van der Waals surface area contributed by atoms with Crippen molar-refractivity contribution in [2.24, 2.45) is 5.73 Å². The Kier molecular flexibility index (Phi) is 11.9. The van der Waals surface area contributed by atoms with Crippen LogP contribution in [0.1, 0.15) is 37.2 Å². The van der Waals surface area contributed by atoms with Crippen molar-refractivity contribution in [3.63, 3.8) is 0 Å². The number of amides is 2. The molecule has 0 aliphatic carbocycles. The highest BCUT2D eigenvalue weighted by Crippen LogP contribution is 2.33. The van der Waals surface area contributed by atoms with Crippen molar-refractivity contribution in [1.29, 1.82) is 0 Å². The highest BCUT2D eigenvalue weighted by atomic mass is 32.1. The molecule has 0 spiro atoms. The molecular formula is C41H39N9O4S2. The zero-order valence-corrected chi connectivity index (χ0v) is 32.1. The fraction of sp³-hybridized carbons (Fsp3) is 0.122. The molecule has 6 aromatic heterocycles. The van der Waals surface area contributed by atoms with Crippen LogP contribution >= 0.6 is 22.7 Å². The Morgan fingerprint density at radius 3 is 2.11 bits per heavy atom. The van der Waals surface area contributed by atoms with Crippen LogP contribution < -0.4 is 36.5 Å². The van der Waals surface area contributed by atoms with Crippen LogP contribution in [0.2, 0.25) is 0 Å². The Balaban J connectivity index is 0.000000175. The molecule has 0 aliphatic heterocycles. The number of anilines is 4. The summed E-state index contributed by atoms with van der Waals surface area (Å²) < 4.78 is 10.7. The number of methoxy groups -OCH3 is 2. The molecule has 0 bridgehead atoms. The number of pyridine rings is 2. The third-order valence-electron chi connectivity index (χ3n) is 8.87. The van der Waals surface area contributed by atoms with E-state index in [0.717, 1.165) is 55.3 Å². The van der Waals surface area contributed by atoms with Crippen LogP contribution in [-0.2, 0) is 6.54 Å². The summed E-state index contributed by atoms with van der Waals surface area (Å²) in [5.74, 6) is 0.903. The van der Waals surface area contributed by atoms with Crippen molar-refractivity contribution in [2.75, 3.05) is 31.4 Å². The number of thiophene rings is 2. The van der Waals surface area contributed by atoms with Gasteiger partial charge in [-0.25, -0.2) is 9.97 Å². The number of H-pyrrole nitrogens is 2. The lowest BCUT2D eigenvalue weighted by Crippen LogP contribution is -2.33. The minimum absolute atomic E-state index is 0.0908. The molecule has 1 unspecified atom stereocenters. The second-order valence-corrected chi connectivity index (χ2v) is 14.2. The molecule has 13 nitrogen and oxygen atoms in total. The molecule has 1 atom stereocenters. The first kappa shape index (κ1) is 37.6. The molecule has 15 heteroatoms. The lowest BCUT2D eigenvalue weighted by molar-refractivity contribution is 0.0938. The van der Waals surface area contributed by atoms with E-state index in [9.17, 15) is 9.59 Å². The van der Waals surface area contributed by atoms with Gasteiger partial charge in [0.05, 0.1) is 42.9 Å². The SMILES string of the molecule is COc1ccc(C(CN)NC(=O)c2sccc2Nc2ccnc3[nH]ccc23)cc1OC.O=C(NCc1ccccc1)c1ccsc1Nc1ccnc2[nH]ccc12. The molecular weight excluding hydrogens is 747 g/mol. The molecule has 0 saturated carbocycles. The Hall–Kier alpha value is -6.68. The average molecular weight is 786 g/mol. The number of carbonyl (C=O) groups excluding carboxylic acids is 2. The number of hydrogen-bond donors (Lipinski definition) is 7. The number of nitrogens with one attached hydrogen (secondary N) is 6. The maximum absolute atomic E-state index is 13.1. The number of benzene rings is 2. The lowest BCUT2D eigenvalue weighted by Gasteiger charge is -2.19. The number of hydrogen-bond acceptors (Lipinski definition) is 11. The summed E-state index contributed by atoms with van der Waals surface area (Å²) in [7, 11) is 3.15. The van der Waals surface area contributed by atoms with E-state index in [2.05, 4.69) is 41.2 Å². The van der Waals surface area contributed by atoms with Gasteiger partial charge in [-0.2, -0.15) is 0 Å². The van der Waals surface area contributed by atoms with Crippen LogP contribution in [0.4, 0.5) is 22.1 Å². The van der Waals surface area contributed by atoms with Crippen molar-refractivity contribution in [3.8, 4) is 11.5 Å². The van der Waals surface area contributed by atoms with E-state index in [0.29, 0.717) is 28.5 Å². The quantitative estimate of drug-likeness (QED) is 0.0607. The Labute approximate surface area is 330 Å². The smallest absolute Gasteiger partial charge is 0.264 e. The molecule has 0 aliphatic rings. The average Bonchev–Trinajstić information content (AvgIpc) is 4.08. The number of carbonyl (C=O) groups is 2. The van der Waals surface area contributed by atoms with Gasteiger partial charge < -0.3 is 46.4 Å². The van der Waals surface area contributed by atoms with E-state index < -0.39 is 0 Å². The normalized spacial score (nSPS) is 11.3. The zero-order valence-electron chi connectivity index (χ0n) is 30.5. The van der Waals surface area contributed by atoms with Crippen LogP contribution in [0, 0.1) is 0 Å². The standard InChI is InChI=1S/C22H23N5O3S.C19H16N4OS/c1-29-18-4-3-13(11-19(18)30-2)17(12-23)27-22(28)20-16(7-10-31-20)26-15-6-9-25-21-14(15)5-8-24-21;24-18(22-12-13-4-2-1-3-5-13)15-8-11-25-19(15)23-16-7-10-21-17-14(16)6-9-20-17/h3-11,17H,12,23H2,1-2H3,(H,27,28)(H2,24,25,26);1-11H,12H2,(H,22,24)(H2,20,21,23). The van der Waals surface area contributed by atoms with Crippen molar-refractivity contribution in [2.45, 2.75) is 12.6 Å². The van der Waals surface area contributed by atoms with E-state index in [4.69, 9.17) is 15.2 Å². The molecule has 0 saturated heterocycles. The van der Waals surface area contributed by atoms with Crippen LogP contribution in [-0.4, -0.2) is 52.5 Å². The monoisotopic (exact) mass is 785 g/mol. The third kappa shape index (κ3) is 8.50. The first-order valence-electron chi connectivity index (χ1n) is 17.5. The zero-order chi connectivity index (χ0) is 38.9. The van der Waals surface area contributed by atoms with Gasteiger partial charge in [-0.05, 0) is 70.4 Å². The topological polar surface area (TPSA) is 184 Å². The maximum atomic E-state index is 13.1. The summed E-state index contributed by atoms with van der Waals surface area (Å²) in [6.07, 6.45) is 7.14. The summed E-state index contributed by atoms with van der Waals surface area (Å²) in [5.41, 5.74) is 12.6. The highest BCUT2D eigenvalue weighted by Gasteiger charge is 2.20.